The van der Waals surface area contributed by atoms with Crippen LogP contribution in [-0.4, -0.2) is 23.2 Å². The van der Waals surface area contributed by atoms with Gasteiger partial charge in [-0.1, -0.05) is 26.7 Å². The predicted molar refractivity (Wildman–Crippen MR) is 74.9 cm³/mol. The molecular weight excluding hydrogens is 224 g/mol. The lowest BCUT2D eigenvalue weighted by atomic mass is 10.1. The van der Waals surface area contributed by atoms with E-state index in [1.54, 1.807) is 0 Å². The van der Waals surface area contributed by atoms with Crippen molar-refractivity contribution in [2.75, 3.05) is 11.9 Å². The molecule has 3 heteroatoms. The summed E-state index contributed by atoms with van der Waals surface area (Å²) in [6, 6.07) is 4.65. The molecule has 1 aromatic rings. The van der Waals surface area contributed by atoms with Crippen LogP contribution >= 0.6 is 0 Å². The summed E-state index contributed by atoms with van der Waals surface area (Å²) in [6.45, 7) is 4.37. The molecule has 1 N–H and O–H groups in total. The second-order valence-electron chi connectivity index (χ2n) is 5.62. The molecule has 18 heavy (non-hydrogen) atoms. The maximum Gasteiger partial charge on any atom is 0.129 e. The molecule has 1 aromatic heterocycles. The molecule has 0 amide bonds. The molecule has 0 aromatic carbocycles. The van der Waals surface area contributed by atoms with E-state index in [0.29, 0.717) is 12.0 Å². The Bertz CT molecular complexity index is 397. The van der Waals surface area contributed by atoms with Gasteiger partial charge in [0.25, 0.3) is 0 Å². The highest BCUT2D eigenvalue weighted by Gasteiger charge is 2.21. The van der Waals surface area contributed by atoms with E-state index in [4.69, 9.17) is 4.98 Å². The molecule has 0 unspecified atom stereocenters. The summed E-state index contributed by atoms with van der Waals surface area (Å²) in [5, 5.41) is 9.37. The van der Waals surface area contributed by atoms with E-state index in [-0.39, 0.29) is 6.61 Å². The quantitative estimate of drug-likeness (QED) is 0.889. The fraction of sp³-hybridized carbons (Fsp3) is 0.667. The summed E-state index contributed by atoms with van der Waals surface area (Å²) in [7, 11) is 2.13. The monoisotopic (exact) mass is 248 g/mol. The maximum absolute atomic E-state index is 9.37. The summed E-state index contributed by atoms with van der Waals surface area (Å²) in [6.07, 6.45) is 5.18. The lowest BCUT2D eigenvalue weighted by molar-refractivity contribution is 0.281. The van der Waals surface area contributed by atoms with Crippen LogP contribution in [0.5, 0.6) is 0 Å². The minimum Gasteiger partial charge on any atom is -0.392 e. The van der Waals surface area contributed by atoms with Crippen LogP contribution in [0.4, 0.5) is 5.82 Å². The van der Waals surface area contributed by atoms with Crippen LogP contribution in [-0.2, 0) is 6.61 Å². The second-order valence-corrected chi connectivity index (χ2v) is 5.62. The van der Waals surface area contributed by atoms with Gasteiger partial charge in [0.05, 0.1) is 6.61 Å². The van der Waals surface area contributed by atoms with Crippen molar-refractivity contribution in [3.8, 4) is 0 Å². The molecule has 1 aliphatic rings. The molecule has 2 rings (SSSR count). The number of hydrogen-bond donors (Lipinski definition) is 1. The smallest absolute Gasteiger partial charge is 0.129 e. The van der Waals surface area contributed by atoms with Crippen LogP contribution in [0.3, 0.4) is 0 Å². The first-order chi connectivity index (χ1) is 8.61. The van der Waals surface area contributed by atoms with E-state index in [9.17, 15) is 5.11 Å². The molecule has 3 nitrogen and oxygen atoms in total. The molecule has 1 saturated carbocycles. The van der Waals surface area contributed by atoms with Gasteiger partial charge in [0.1, 0.15) is 5.82 Å². The van der Waals surface area contributed by atoms with Crippen LogP contribution in [0.15, 0.2) is 12.1 Å². The highest BCUT2D eigenvalue weighted by molar-refractivity contribution is 5.43. The average molecular weight is 248 g/mol. The van der Waals surface area contributed by atoms with Gasteiger partial charge in [-0.3, -0.25) is 0 Å². The van der Waals surface area contributed by atoms with Crippen molar-refractivity contribution in [3.63, 3.8) is 0 Å². The highest BCUT2D eigenvalue weighted by Crippen LogP contribution is 2.27. The predicted octanol–water partition coefficient (Wildman–Crippen LogP) is 3.08. The Labute approximate surface area is 110 Å². The van der Waals surface area contributed by atoms with Gasteiger partial charge < -0.3 is 10.0 Å². The largest absolute Gasteiger partial charge is 0.392 e. The first kappa shape index (κ1) is 13.3. The Morgan fingerprint density at radius 3 is 2.56 bits per heavy atom. The van der Waals surface area contributed by atoms with Crippen molar-refractivity contribution in [1.82, 2.24) is 4.98 Å². The third-order valence-corrected chi connectivity index (χ3v) is 3.90. The molecule has 1 heterocycles. The van der Waals surface area contributed by atoms with E-state index in [0.717, 1.165) is 17.1 Å². The summed E-state index contributed by atoms with van der Waals surface area (Å²) < 4.78 is 0. The molecular formula is C15H24N2O. The molecule has 0 atom stereocenters. The fourth-order valence-electron chi connectivity index (χ4n) is 2.64. The van der Waals surface area contributed by atoms with E-state index in [2.05, 4.69) is 25.8 Å². The van der Waals surface area contributed by atoms with Crippen molar-refractivity contribution in [3.05, 3.63) is 23.4 Å². The first-order valence-corrected chi connectivity index (χ1v) is 6.96. The standard InChI is InChI=1S/C15H24N2O/c1-11(2)14-8-12(10-18)9-15(16-14)17(3)13-6-4-5-7-13/h8-9,11,13,18H,4-7,10H2,1-3H3. The van der Waals surface area contributed by atoms with Crippen molar-refractivity contribution in [1.29, 1.82) is 0 Å². The van der Waals surface area contributed by atoms with Crippen molar-refractivity contribution in [2.45, 2.75) is 58.1 Å². The maximum atomic E-state index is 9.37. The molecule has 0 bridgehead atoms. The van der Waals surface area contributed by atoms with Gasteiger partial charge in [0.2, 0.25) is 0 Å². The van der Waals surface area contributed by atoms with Crippen LogP contribution in [0.1, 0.15) is 56.7 Å². The van der Waals surface area contributed by atoms with Crippen molar-refractivity contribution in [2.24, 2.45) is 0 Å². The number of anilines is 1. The summed E-state index contributed by atoms with van der Waals surface area (Å²) in [5.74, 6) is 1.41. The zero-order valence-electron chi connectivity index (χ0n) is 11.7. The van der Waals surface area contributed by atoms with Crippen LogP contribution in [0.25, 0.3) is 0 Å². The third kappa shape index (κ3) is 2.83. The molecule has 1 fully saturated rings. The minimum atomic E-state index is 0.0910. The van der Waals surface area contributed by atoms with Gasteiger partial charge in [0.15, 0.2) is 0 Å². The zero-order chi connectivity index (χ0) is 13.1. The summed E-state index contributed by atoms with van der Waals surface area (Å²) in [4.78, 5) is 7.03. The molecule has 100 valence electrons. The molecule has 0 spiro atoms. The summed E-state index contributed by atoms with van der Waals surface area (Å²) in [5.41, 5.74) is 2.04. The topological polar surface area (TPSA) is 36.4 Å². The molecule has 1 aliphatic carbocycles. The lowest BCUT2D eigenvalue weighted by Crippen LogP contribution is -2.30. The van der Waals surface area contributed by atoms with Crippen molar-refractivity contribution >= 4 is 5.82 Å². The highest BCUT2D eigenvalue weighted by atomic mass is 16.3. The first-order valence-electron chi connectivity index (χ1n) is 6.96. The zero-order valence-corrected chi connectivity index (χ0v) is 11.7. The number of aromatic nitrogens is 1. The molecule has 0 saturated heterocycles. The van der Waals surface area contributed by atoms with Crippen molar-refractivity contribution < 1.29 is 5.11 Å². The third-order valence-electron chi connectivity index (χ3n) is 3.90. The van der Waals surface area contributed by atoms with Gasteiger partial charge in [-0.05, 0) is 36.5 Å². The number of pyridine rings is 1. The SMILES string of the molecule is CC(C)c1cc(CO)cc(N(C)C2CCCC2)n1. The van der Waals surface area contributed by atoms with E-state index in [1.807, 2.05) is 12.1 Å². The molecule has 0 aliphatic heterocycles. The van der Waals surface area contributed by atoms with Gasteiger partial charge in [-0.25, -0.2) is 4.98 Å². The van der Waals surface area contributed by atoms with E-state index >= 15 is 0 Å². The van der Waals surface area contributed by atoms with Crippen LogP contribution in [0, 0.1) is 0 Å². The van der Waals surface area contributed by atoms with Gasteiger partial charge in [-0.2, -0.15) is 0 Å². The summed E-state index contributed by atoms with van der Waals surface area (Å²) >= 11 is 0. The number of aliphatic hydroxyl groups is 1. The number of rotatable bonds is 4. The Kier molecular flexibility index (Phi) is 4.23. The van der Waals surface area contributed by atoms with Gasteiger partial charge in [-0.15, -0.1) is 0 Å². The lowest BCUT2D eigenvalue weighted by Gasteiger charge is -2.26. The van der Waals surface area contributed by atoms with E-state index < -0.39 is 0 Å². The van der Waals surface area contributed by atoms with Gasteiger partial charge in [0, 0.05) is 18.8 Å². The Morgan fingerprint density at radius 2 is 2.00 bits per heavy atom. The normalized spacial score (nSPS) is 16.5. The average Bonchev–Trinajstić information content (AvgIpc) is 2.91. The van der Waals surface area contributed by atoms with Gasteiger partial charge >= 0.3 is 0 Å². The van der Waals surface area contributed by atoms with Crippen LogP contribution < -0.4 is 4.90 Å². The number of aliphatic hydroxyl groups excluding tert-OH is 1. The fourth-order valence-corrected chi connectivity index (χ4v) is 2.64. The Morgan fingerprint density at radius 1 is 1.33 bits per heavy atom. The number of hydrogen-bond acceptors (Lipinski definition) is 3. The number of nitrogens with zero attached hydrogens (tertiary/aromatic N) is 2. The minimum absolute atomic E-state index is 0.0910. The molecule has 0 radical (unpaired) electrons. The Balaban J connectivity index is 2.27. The Hall–Kier alpha value is -1.09. The van der Waals surface area contributed by atoms with E-state index in [1.165, 1.54) is 25.7 Å². The van der Waals surface area contributed by atoms with Crippen LogP contribution in [0.2, 0.25) is 0 Å². The second kappa shape index (κ2) is 5.70.